The molecule has 4 heteroatoms. The lowest BCUT2D eigenvalue weighted by atomic mass is 9.80. The van der Waals surface area contributed by atoms with Crippen molar-refractivity contribution in [3.8, 4) is 0 Å². The monoisotopic (exact) mass is 307 g/mol. The third-order valence-electron chi connectivity index (χ3n) is 5.03. The van der Waals surface area contributed by atoms with Crippen LogP contribution in [0.25, 0.3) is 0 Å². The summed E-state index contributed by atoms with van der Waals surface area (Å²) in [4.78, 5) is 12.1. The lowest BCUT2D eigenvalue weighted by Crippen LogP contribution is -2.27. The second-order valence-corrected chi connectivity index (χ2v) is 7.25. The Morgan fingerprint density at radius 3 is 2.62 bits per heavy atom. The number of rotatable bonds is 2. The summed E-state index contributed by atoms with van der Waals surface area (Å²) in [6, 6.07) is 3.76. The van der Waals surface area contributed by atoms with Crippen LogP contribution < -0.4 is 5.32 Å². The van der Waals surface area contributed by atoms with E-state index in [1.807, 2.05) is 19.9 Å². The molecule has 2 aliphatic rings. The molecule has 1 heterocycles. The Hall–Kier alpha value is -1.06. The van der Waals surface area contributed by atoms with Gasteiger partial charge in [0.25, 0.3) is 0 Å². The Morgan fingerprint density at radius 2 is 1.95 bits per heavy atom. The standard InChI is InChI=1S/C17H22ClNO2/c1-17(2)12-8-11(9-13(18)14(12)19-16(17)21)15(20)10-6-4-3-5-7-10/h8-10,15,20H,3-7H2,1-2H3,(H,19,21). The van der Waals surface area contributed by atoms with Crippen molar-refractivity contribution in [1.82, 2.24) is 0 Å². The Morgan fingerprint density at radius 1 is 1.29 bits per heavy atom. The van der Waals surface area contributed by atoms with Crippen molar-refractivity contribution in [2.24, 2.45) is 5.92 Å². The number of anilines is 1. The predicted molar refractivity (Wildman–Crippen MR) is 84.6 cm³/mol. The van der Waals surface area contributed by atoms with Crippen LogP contribution in [0.4, 0.5) is 5.69 Å². The van der Waals surface area contributed by atoms with Gasteiger partial charge in [-0.05, 0) is 55.9 Å². The largest absolute Gasteiger partial charge is 0.388 e. The van der Waals surface area contributed by atoms with Crippen LogP contribution in [0.5, 0.6) is 0 Å². The fourth-order valence-corrected chi connectivity index (χ4v) is 3.81. The van der Waals surface area contributed by atoms with E-state index in [9.17, 15) is 9.90 Å². The van der Waals surface area contributed by atoms with E-state index in [1.165, 1.54) is 19.3 Å². The van der Waals surface area contributed by atoms with Crippen molar-refractivity contribution in [3.05, 3.63) is 28.3 Å². The van der Waals surface area contributed by atoms with E-state index < -0.39 is 11.5 Å². The van der Waals surface area contributed by atoms with E-state index in [-0.39, 0.29) is 5.91 Å². The number of nitrogens with one attached hydrogen (secondary N) is 1. The first-order valence-corrected chi connectivity index (χ1v) is 8.12. The lowest BCUT2D eigenvalue weighted by molar-refractivity contribution is -0.119. The third kappa shape index (κ3) is 2.47. The van der Waals surface area contributed by atoms with Gasteiger partial charge in [-0.3, -0.25) is 4.79 Å². The van der Waals surface area contributed by atoms with E-state index >= 15 is 0 Å². The second-order valence-electron chi connectivity index (χ2n) is 6.85. The molecule has 1 aliphatic heterocycles. The van der Waals surface area contributed by atoms with Gasteiger partial charge in [-0.2, -0.15) is 0 Å². The lowest BCUT2D eigenvalue weighted by Gasteiger charge is -2.27. The highest BCUT2D eigenvalue weighted by molar-refractivity contribution is 6.35. The molecule has 114 valence electrons. The second kappa shape index (κ2) is 5.29. The van der Waals surface area contributed by atoms with Gasteiger partial charge >= 0.3 is 0 Å². The van der Waals surface area contributed by atoms with Gasteiger partial charge in [0.1, 0.15) is 0 Å². The fraction of sp³-hybridized carbons (Fsp3) is 0.588. The number of amides is 1. The van der Waals surface area contributed by atoms with Gasteiger partial charge < -0.3 is 10.4 Å². The van der Waals surface area contributed by atoms with E-state index in [0.29, 0.717) is 16.6 Å². The van der Waals surface area contributed by atoms with E-state index in [0.717, 1.165) is 24.0 Å². The molecule has 1 aromatic carbocycles. The number of carbonyl (C=O) groups excluding carboxylic acids is 1. The smallest absolute Gasteiger partial charge is 0.234 e. The highest BCUT2D eigenvalue weighted by Gasteiger charge is 2.40. The molecular weight excluding hydrogens is 286 g/mol. The maximum Gasteiger partial charge on any atom is 0.234 e. The van der Waals surface area contributed by atoms with Gasteiger partial charge in [0, 0.05) is 0 Å². The van der Waals surface area contributed by atoms with Crippen molar-refractivity contribution in [1.29, 1.82) is 0 Å². The Labute approximate surface area is 130 Å². The SMILES string of the molecule is CC1(C)C(=O)Nc2c(Cl)cc(C(O)C3CCCCC3)cc21. The summed E-state index contributed by atoms with van der Waals surface area (Å²) in [7, 11) is 0. The first-order valence-electron chi connectivity index (χ1n) is 7.74. The normalized spacial score (nSPS) is 22.8. The molecule has 0 bridgehead atoms. The van der Waals surface area contributed by atoms with Crippen LogP contribution in [-0.4, -0.2) is 11.0 Å². The molecule has 3 nitrogen and oxygen atoms in total. The van der Waals surface area contributed by atoms with E-state index in [1.54, 1.807) is 6.07 Å². The summed E-state index contributed by atoms with van der Waals surface area (Å²) in [5.74, 6) is 0.268. The number of fused-ring (bicyclic) bond motifs is 1. The predicted octanol–water partition coefficient (Wildman–Crippen LogP) is 4.18. The molecule has 1 fully saturated rings. The van der Waals surface area contributed by atoms with Crippen LogP contribution >= 0.6 is 11.6 Å². The highest BCUT2D eigenvalue weighted by atomic mass is 35.5. The molecule has 1 unspecified atom stereocenters. The Kier molecular flexibility index (Phi) is 3.74. The molecule has 0 radical (unpaired) electrons. The maximum absolute atomic E-state index is 12.1. The molecule has 1 aliphatic carbocycles. The fourth-order valence-electron chi connectivity index (χ4n) is 3.53. The highest BCUT2D eigenvalue weighted by Crippen LogP contribution is 2.44. The molecule has 0 spiro atoms. The van der Waals surface area contributed by atoms with Gasteiger partial charge in [0.15, 0.2) is 0 Å². The molecule has 1 aromatic rings. The average molecular weight is 308 g/mol. The summed E-state index contributed by atoms with van der Waals surface area (Å²) in [5, 5.41) is 14.0. The van der Waals surface area contributed by atoms with E-state index in [2.05, 4.69) is 5.32 Å². The third-order valence-corrected chi connectivity index (χ3v) is 5.33. The molecule has 0 saturated heterocycles. The molecular formula is C17H22ClNO2. The molecule has 1 atom stereocenters. The summed E-state index contributed by atoms with van der Waals surface area (Å²) < 4.78 is 0. The molecule has 1 amide bonds. The molecule has 1 saturated carbocycles. The van der Waals surface area contributed by atoms with Crippen LogP contribution in [0.15, 0.2) is 12.1 Å². The summed E-state index contributed by atoms with van der Waals surface area (Å²) in [6.07, 6.45) is 5.28. The number of hydrogen-bond donors (Lipinski definition) is 2. The quantitative estimate of drug-likeness (QED) is 0.861. The summed E-state index contributed by atoms with van der Waals surface area (Å²) >= 11 is 6.32. The first-order chi connectivity index (χ1) is 9.91. The topological polar surface area (TPSA) is 49.3 Å². The van der Waals surface area contributed by atoms with Gasteiger partial charge in [-0.15, -0.1) is 0 Å². The number of hydrogen-bond acceptors (Lipinski definition) is 2. The molecule has 2 N–H and O–H groups in total. The average Bonchev–Trinajstić information content (AvgIpc) is 2.71. The van der Waals surface area contributed by atoms with Crippen molar-refractivity contribution in [3.63, 3.8) is 0 Å². The van der Waals surface area contributed by atoms with Gasteiger partial charge in [0.2, 0.25) is 5.91 Å². The van der Waals surface area contributed by atoms with Gasteiger partial charge in [-0.25, -0.2) is 0 Å². The van der Waals surface area contributed by atoms with Crippen LogP contribution in [0.1, 0.15) is 63.2 Å². The zero-order valence-electron chi connectivity index (χ0n) is 12.6. The van der Waals surface area contributed by atoms with Gasteiger partial charge in [-0.1, -0.05) is 30.9 Å². The van der Waals surface area contributed by atoms with Crippen LogP contribution in [0.3, 0.4) is 0 Å². The van der Waals surface area contributed by atoms with Crippen molar-refractivity contribution in [2.75, 3.05) is 5.32 Å². The molecule has 3 rings (SSSR count). The Bertz CT molecular complexity index is 576. The number of aliphatic hydroxyl groups excluding tert-OH is 1. The van der Waals surface area contributed by atoms with Crippen molar-refractivity contribution < 1.29 is 9.90 Å². The Balaban J connectivity index is 1.97. The number of halogens is 1. The minimum absolute atomic E-state index is 0.0382. The van der Waals surface area contributed by atoms with Crippen molar-refractivity contribution >= 4 is 23.2 Å². The van der Waals surface area contributed by atoms with E-state index in [4.69, 9.17) is 11.6 Å². The number of aliphatic hydroxyl groups is 1. The van der Waals surface area contributed by atoms with Crippen molar-refractivity contribution in [2.45, 2.75) is 57.5 Å². The first kappa shape index (κ1) is 14.9. The zero-order chi connectivity index (χ0) is 15.2. The summed E-state index contributed by atoms with van der Waals surface area (Å²) in [5.41, 5.74) is 1.84. The minimum Gasteiger partial charge on any atom is -0.388 e. The molecule has 0 aromatic heterocycles. The van der Waals surface area contributed by atoms with Crippen LogP contribution in [0.2, 0.25) is 5.02 Å². The van der Waals surface area contributed by atoms with Gasteiger partial charge in [0.05, 0.1) is 22.2 Å². The van der Waals surface area contributed by atoms with Crippen LogP contribution in [-0.2, 0) is 10.2 Å². The molecule has 21 heavy (non-hydrogen) atoms. The zero-order valence-corrected chi connectivity index (χ0v) is 13.3. The number of carbonyl (C=O) groups is 1. The minimum atomic E-state index is -0.596. The van der Waals surface area contributed by atoms with Crippen LogP contribution in [0, 0.1) is 5.92 Å². The maximum atomic E-state index is 12.1. The summed E-state index contributed by atoms with van der Waals surface area (Å²) in [6.45, 7) is 3.78. The number of benzene rings is 1.